The fraction of sp³-hybridized carbons (Fsp3) is 0.478. The summed E-state index contributed by atoms with van der Waals surface area (Å²) in [7, 11) is 0. The zero-order chi connectivity index (χ0) is 18.4. The average Bonchev–Trinajstić information content (AvgIpc) is 3.02. The van der Waals surface area contributed by atoms with E-state index in [1.54, 1.807) is 0 Å². The minimum Gasteiger partial charge on any atom is -0.362 e. The first-order valence-electron chi connectivity index (χ1n) is 10.3. The van der Waals surface area contributed by atoms with E-state index in [0.29, 0.717) is 12.1 Å². The SMILES string of the molecule is Cc1cc2c3c(c1)NC(CN1CCC(c4ccc(Cl)cc4)CC1)N3CCC2. The standard InChI is InChI=1S/C23H28ClN3/c1-16-13-19-3-2-10-27-22(25-21(14-16)23(19)27)15-26-11-8-18(9-12-26)17-4-6-20(24)7-5-17/h4-7,13-14,18,22,25H,2-3,8-12,15H2,1H3. The molecule has 5 rings (SSSR count). The molecule has 3 heterocycles. The van der Waals surface area contributed by atoms with Crippen LogP contribution < -0.4 is 10.2 Å². The van der Waals surface area contributed by atoms with Crippen molar-refractivity contribution in [2.75, 3.05) is 36.4 Å². The van der Waals surface area contributed by atoms with Gasteiger partial charge in [0.1, 0.15) is 6.17 Å². The van der Waals surface area contributed by atoms with E-state index in [4.69, 9.17) is 11.6 Å². The van der Waals surface area contributed by atoms with Crippen LogP contribution in [0, 0.1) is 6.92 Å². The summed E-state index contributed by atoms with van der Waals surface area (Å²) in [6.07, 6.45) is 5.40. The second kappa shape index (κ2) is 7.03. The van der Waals surface area contributed by atoms with Gasteiger partial charge in [0, 0.05) is 18.1 Å². The van der Waals surface area contributed by atoms with Gasteiger partial charge in [-0.15, -0.1) is 0 Å². The number of halogens is 1. The van der Waals surface area contributed by atoms with Gasteiger partial charge in [0.15, 0.2) is 0 Å². The molecule has 1 saturated heterocycles. The molecular weight excluding hydrogens is 354 g/mol. The molecule has 1 N–H and O–H groups in total. The molecule has 1 atom stereocenters. The number of nitrogens with one attached hydrogen (secondary N) is 1. The van der Waals surface area contributed by atoms with Crippen molar-refractivity contribution < 1.29 is 0 Å². The highest BCUT2D eigenvalue weighted by molar-refractivity contribution is 6.30. The minimum atomic E-state index is 0.424. The van der Waals surface area contributed by atoms with Crippen LogP contribution in [0.3, 0.4) is 0 Å². The molecule has 0 aromatic heterocycles. The smallest absolute Gasteiger partial charge is 0.112 e. The monoisotopic (exact) mass is 381 g/mol. The Morgan fingerprint density at radius 3 is 2.63 bits per heavy atom. The van der Waals surface area contributed by atoms with Gasteiger partial charge in [0.05, 0.1) is 11.4 Å². The maximum Gasteiger partial charge on any atom is 0.112 e. The van der Waals surface area contributed by atoms with Crippen LogP contribution in [-0.2, 0) is 6.42 Å². The second-order valence-electron chi connectivity index (χ2n) is 8.40. The lowest BCUT2D eigenvalue weighted by atomic mass is 9.89. The Bertz CT molecular complexity index is 824. The average molecular weight is 382 g/mol. The summed E-state index contributed by atoms with van der Waals surface area (Å²) in [5, 5.41) is 4.66. The van der Waals surface area contributed by atoms with E-state index >= 15 is 0 Å². The molecule has 1 fully saturated rings. The second-order valence-corrected chi connectivity index (χ2v) is 8.84. The van der Waals surface area contributed by atoms with E-state index in [9.17, 15) is 0 Å². The number of hydrogen-bond acceptors (Lipinski definition) is 3. The molecule has 142 valence electrons. The highest BCUT2D eigenvalue weighted by Gasteiger charge is 2.34. The highest BCUT2D eigenvalue weighted by atomic mass is 35.5. The summed E-state index contributed by atoms with van der Waals surface area (Å²) in [6.45, 7) is 6.87. The topological polar surface area (TPSA) is 18.5 Å². The van der Waals surface area contributed by atoms with Crippen molar-refractivity contribution in [2.24, 2.45) is 0 Å². The largest absolute Gasteiger partial charge is 0.362 e. The molecule has 3 nitrogen and oxygen atoms in total. The Labute approximate surface area is 167 Å². The Kier molecular flexibility index (Phi) is 4.53. The third-order valence-corrected chi connectivity index (χ3v) is 6.78. The molecule has 2 aromatic carbocycles. The van der Waals surface area contributed by atoms with Crippen LogP contribution in [0.25, 0.3) is 0 Å². The first kappa shape index (κ1) is 17.4. The Hall–Kier alpha value is -1.71. The zero-order valence-electron chi connectivity index (χ0n) is 16.0. The van der Waals surface area contributed by atoms with Crippen LogP contribution >= 0.6 is 11.6 Å². The lowest BCUT2D eigenvalue weighted by molar-refractivity contribution is 0.204. The molecule has 2 aromatic rings. The van der Waals surface area contributed by atoms with Gasteiger partial charge in [0.25, 0.3) is 0 Å². The summed E-state index contributed by atoms with van der Waals surface area (Å²) < 4.78 is 0. The molecule has 3 aliphatic rings. The van der Waals surface area contributed by atoms with E-state index in [1.807, 2.05) is 12.1 Å². The lowest BCUT2D eigenvalue weighted by Crippen LogP contribution is -2.48. The van der Waals surface area contributed by atoms with Gasteiger partial charge in [-0.3, -0.25) is 4.90 Å². The summed E-state index contributed by atoms with van der Waals surface area (Å²) >= 11 is 6.04. The molecule has 3 aliphatic heterocycles. The number of likely N-dealkylation sites (tertiary alicyclic amines) is 1. The summed E-state index contributed by atoms with van der Waals surface area (Å²) in [5.41, 5.74) is 7.19. The predicted octanol–water partition coefficient (Wildman–Crippen LogP) is 5.03. The number of aryl methyl sites for hydroxylation is 2. The van der Waals surface area contributed by atoms with Crippen molar-refractivity contribution in [1.29, 1.82) is 0 Å². The maximum absolute atomic E-state index is 6.04. The summed E-state index contributed by atoms with van der Waals surface area (Å²) in [6, 6.07) is 13.2. The normalized spacial score (nSPS) is 22.6. The van der Waals surface area contributed by atoms with Crippen molar-refractivity contribution in [3.63, 3.8) is 0 Å². The molecule has 4 heteroatoms. The van der Waals surface area contributed by atoms with E-state index < -0.39 is 0 Å². The third kappa shape index (κ3) is 3.32. The van der Waals surface area contributed by atoms with Crippen LogP contribution in [0.4, 0.5) is 11.4 Å². The number of nitrogens with zero attached hydrogens (tertiary/aromatic N) is 2. The number of hydrogen-bond donors (Lipinski definition) is 1. The quantitative estimate of drug-likeness (QED) is 0.804. The summed E-state index contributed by atoms with van der Waals surface area (Å²) in [4.78, 5) is 5.27. The van der Waals surface area contributed by atoms with Crippen molar-refractivity contribution in [2.45, 2.75) is 44.7 Å². The van der Waals surface area contributed by atoms with Gasteiger partial charge in [-0.1, -0.05) is 29.8 Å². The highest BCUT2D eigenvalue weighted by Crippen LogP contribution is 2.42. The van der Waals surface area contributed by atoms with Crippen LogP contribution in [0.5, 0.6) is 0 Å². The first-order valence-corrected chi connectivity index (χ1v) is 10.7. The fourth-order valence-corrected chi connectivity index (χ4v) is 5.31. The molecule has 0 amide bonds. The van der Waals surface area contributed by atoms with Gasteiger partial charge in [-0.05, 0) is 86.5 Å². The number of anilines is 2. The van der Waals surface area contributed by atoms with Crippen LogP contribution in [-0.4, -0.2) is 37.2 Å². The zero-order valence-corrected chi connectivity index (χ0v) is 16.8. The minimum absolute atomic E-state index is 0.424. The molecule has 0 bridgehead atoms. The molecule has 0 aliphatic carbocycles. The van der Waals surface area contributed by atoms with E-state index in [2.05, 4.69) is 46.3 Å². The van der Waals surface area contributed by atoms with Gasteiger partial charge in [-0.25, -0.2) is 0 Å². The number of piperidine rings is 1. The van der Waals surface area contributed by atoms with Crippen molar-refractivity contribution >= 4 is 23.0 Å². The Balaban J connectivity index is 1.24. The number of benzene rings is 2. The molecule has 0 radical (unpaired) electrons. The van der Waals surface area contributed by atoms with Gasteiger partial charge >= 0.3 is 0 Å². The maximum atomic E-state index is 6.04. The van der Waals surface area contributed by atoms with Crippen molar-refractivity contribution in [1.82, 2.24) is 4.90 Å². The van der Waals surface area contributed by atoms with E-state index in [-0.39, 0.29) is 0 Å². The van der Waals surface area contributed by atoms with Gasteiger partial charge < -0.3 is 10.2 Å². The Morgan fingerprint density at radius 2 is 1.85 bits per heavy atom. The fourth-order valence-electron chi connectivity index (χ4n) is 5.19. The first-order chi connectivity index (χ1) is 13.2. The molecule has 0 spiro atoms. The van der Waals surface area contributed by atoms with Crippen molar-refractivity contribution in [3.05, 3.63) is 58.1 Å². The lowest BCUT2D eigenvalue weighted by Gasteiger charge is -2.37. The van der Waals surface area contributed by atoms with Crippen LogP contribution in [0.1, 0.15) is 41.9 Å². The molecule has 1 unspecified atom stereocenters. The van der Waals surface area contributed by atoms with Crippen molar-refractivity contribution in [3.8, 4) is 0 Å². The van der Waals surface area contributed by atoms with Crippen LogP contribution in [0.15, 0.2) is 36.4 Å². The Morgan fingerprint density at radius 1 is 1.07 bits per heavy atom. The van der Waals surface area contributed by atoms with Gasteiger partial charge in [-0.2, -0.15) is 0 Å². The van der Waals surface area contributed by atoms with E-state index in [0.717, 1.165) is 11.6 Å². The third-order valence-electron chi connectivity index (χ3n) is 6.52. The summed E-state index contributed by atoms with van der Waals surface area (Å²) in [5.74, 6) is 0.677. The molecule has 0 saturated carbocycles. The molecular formula is C23H28ClN3. The van der Waals surface area contributed by atoms with Gasteiger partial charge in [0.2, 0.25) is 0 Å². The predicted molar refractivity (Wildman–Crippen MR) is 114 cm³/mol. The van der Waals surface area contributed by atoms with E-state index in [1.165, 1.54) is 73.4 Å². The van der Waals surface area contributed by atoms with Crippen LogP contribution in [0.2, 0.25) is 5.02 Å². The molecule has 27 heavy (non-hydrogen) atoms. The number of rotatable bonds is 3.